The van der Waals surface area contributed by atoms with Gasteiger partial charge in [-0.2, -0.15) is 0 Å². The van der Waals surface area contributed by atoms with Crippen LogP contribution in [0.25, 0.3) is 0 Å². The van der Waals surface area contributed by atoms with Crippen molar-refractivity contribution in [3.05, 3.63) is 0 Å². The number of nitrogens with one attached hydrogen (secondary N) is 2. The second-order valence-corrected chi connectivity index (χ2v) is 1.53. The zero-order valence-electron chi connectivity index (χ0n) is 5.55. The number of hydrogen-bond acceptors (Lipinski definition) is 3. The summed E-state index contributed by atoms with van der Waals surface area (Å²) in [4.78, 5) is 9.00. The van der Waals surface area contributed by atoms with Crippen molar-refractivity contribution in [2.45, 2.75) is 0 Å². The molecule has 60 valence electrons. The first-order chi connectivity index (χ1) is 4.54. The lowest BCUT2D eigenvalue weighted by Crippen LogP contribution is -2.37. The van der Waals surface area contributed by atoms with Gasteiger partial charge >= 0.3 is 6.03 Å². The zero-order valence-corrected chi connectivity index (χ0v) is 6.37. The molecule has 0 saturated carbocycles. The number of hydrazine groups is 1. The molecule has 0 aliphatic heterocycles. The average molecular weight is 165 g/mol. The van der Waals surface area contributed by atoms with E-state index in [2.05, 4.69) is 34.4 Å². The van der Waals surface area contributed by atoms with Crippen molar-refractivity contribution in [1.29, 1.82) is 0 Å². The van der Waals surface area contributed by atoms with Gasteiger partial charge in [0.25, 0.3) is 0 Å². The predicted octanol–water partition coefficient (Wildman–Crippen LogP) is -2.02. The molecular weight excluding hydrogens is 154 g/mol. The third-order valence-electron chi connectivity index (χ3n) is 0.358. The third-order valence-corrected chi connectivity index (χ3v) is 0.680. The van der Waals surface area contributed by atoms with E-state index in [4.69, 9.17) is 10.6 Å². The number of primary amides is 2. The number of carbonyl (C=O) groups is 1. The Kier molecular flexibility index (Phi) is 9.25. The monoisotopic (exact) mass is 165 g/mol. The van der Waals surface area contributed by atoms with Gasteiger partial charge in [0.1, 0.15) is 0 Å². The second-order valence-electron chi connectivity index (χ2n) is 1.13. The zero-order chi connectivity index (χ0) is 8.57. The van der Waals surface area contributed by atoms with Gasteiger partial charge < -0.3 is 22.2 Å². The maximum Gasteiger partial charge on any atom is 0.309 e. The van der Waals surface area contributed by atoms with Crippen molar-refractivity contribution < 1.29 is 4.79 Å². The van der Waals surface area contributed by atoms with Crippen LogP contribution in [0.2, 0.25) is 0 Å². The average Bonchev–Trinajstić information content (AvgIpc) is 1.85. The summed E-state index contributed by atoms with van der Waals surface area (Å²) in [6.07, 6.45) is 0. The fraction of sp³-hybridized carbons (Fsp3) is 0.333. The Hall–Kier alpha value is -1.08. The maximum atomic E-state index is 9.00. The lowest BCUT2D eigenvalue weighted by Gasteiger charge is -1.95. The van der Waals surface area contributed by atoms with E-state index in [0.717, 1.165) is 0 Å². The van der Waals surface area contributed by atoms with E-state index in [1.807, 2.05) is 0 Å². The molecule has 0 aromatic carbocycles. The molecule has 0 saturated heterocycles. The first-order valence-electron chi connectivity index (χ1n) is 2.27. The molecule has 10 heavy (non-hydrogen) atoms. The number of nitrogens with two attached hydrogens (primary N) is 3. The van der Waals surface area contributed by atoms with Crippen LogP contribution in [0.4, 0.5) is 4.79 Å². The van der Waals surface area contributed by atoms with Crippen LogP contribution in [0.1, 0.15) is 0 Å². The van der Waals surface area contributed by atoms with Crippen LogP contribution in [-0.4, -0.2) is 18.2 Å². The normalized spacial score (nSPS) is 6.60. The highest BCUT2D eigenvalue weighted by Gasteiger charge is 1.75. The van der Waals surface area contributed by atoms with Crippen LogP contribution in [0.3, 0.4) is 0 Å². The second kappa shape index (κ2) is 7.92. The molecule has 0 heterocycles. The number of hydrogen-bond donors (Lipinski definition) is 5. The van der Waals surface area contributed by atoms with Crippen molar-refractivity contribution in [2.75, 3.05) is 7.05 Å². The predicted molar refractivity (Wildman–Crippen MR) is 42.8 cm³/mol. The highest BCUT2D eigenvalue weighted by atomic mass is 32.1. The minimum atomic E-state index is -0.833. The Labute approximate surface area is 64.1 Å². The Bertz CT molecular complexity index is 105. The van der Waals surface area contributed by atoms with Crippen molar-refractivity contribution in [1.82, 2.24) is 10.7 Å². The van der Waals surface area contributed by atoms with Crippen LogP contribution in [0.15, 0.2) is 0 Å². The quantitative estimate of drug-likeness (QED) is 0.161. The van der Waals surface area contributed by atoms with Crippen LogP contribution in [-0.2, 0) is 0 Å². The topological polar surface area (TPSA) is 119 Å². The Morgan fingerprint density at radius 1 is 1.50 bits per heavy atom. The van der Waals surface area contributed by atoms with Crippen molar-refractivity contribution in [3.63, 3.8) is 0 Å². The fourth-order valence-corrected chi connectivity index (χ4v) is 0.0722. The van der Waals surface area contributed by atoms with E-state index in [1.165, 1.54) is 0 Å². The van der Waals surface area contributed by atoms with E-state index in [-0.39, 0.29) is 0 Å². The van der Waals surface area contributed by atoms with Crippen molar-refractivity contribution >= 4 is 23.4 Å². The van der Waals surface area contributed by atoms with Gasteiger partial charge in [-0.1, -0.05) is 0 Å². The van der Waals surface area contributed by atoms with Crippen LogP contribution in [0.5, 0.6) is 0 Å². The number of carbonyl (C=O) groups excluding carboxylic acids is 1. The van der Waals surface area contributed by atoms with Crippen molar-refractivity contribution in [3.8, 4) is 0 Å². The molecular formula is C3H11N5OS. The lowest BCUT2D eigenvalue weighted by molar-refractivity contribution is 0.256. The summed E-state index contributed by atoms with van der Waals surface area (Å²) >= 11 is 4.51. The standard InChI is InChI=1S/C2H7N3S.CH4N2O/c1-4-2(6)5-3;2-1(3)4/h3H2,1H3,(H2,4,5,6);(H4,2,3,4). The van der Waals surface area contributed by atoms with Crippen molar-refractivity contribution in [2.24, 2.45) is 17.3 Å². The minimum absolute atomic E-state index is 0.454. The SMILES string of the molecule is CNC(=S)NN.NC(N)=O. The van der Waals surface area contributed by atoms with Crippen LogP contribution >= 0.6 is 12.2 Å². The Balaban J connectivity index is 0. The molecule has 6 nitrogen and oxygen atoms in total. The first kappa shape index (κ1) is 11.7. The molecule has 7 heteroatoms. The summed E-state index contributed by atoms with van der Waals surface area (Å²) < 4.78 is 0. The van der Waals surface area contributed by atoms with Crippen LogP contribution < -0.4 is 28.1 Å². The van der Waals surface area contributed by atoms with Gasteiger partial charge in [-0.05, 0) is 12.2 Å². The van der Waals surface area contributed by atoms with Gasteiger partial charge in [0.05, 0.1) is 0 Å². The summed E-state index contributed by atoms with van der Waals surface area (Å²) in [5, 5.41) is 3.06. The summed E-state index contributed by atoms with van der Waals surface area (Å²) in [5.41, 5.74) is 10.7. The highest BCUT2D eigenvalue weighted by molar-refractivity contribution is 7.80. The summed E-state index contributed by atoms with van der Waals surface area (Å²) in [5.74, 6) is 4.83. The molecule has 0 atom stereocenters. The molecule has 0 radical (unpaired) electrons. The van der Waals surface area contributed by atoms with E-state index < -0.39 is 6.03 Å². The Morgan fingerprint density at radius 3 is 1.80 bits per heavy atom. The highest BCUT2D eigenvalue weighted by Crippen LogP contribution is 1.49. The van der Waals surface area contributed by atoms with E-state index in [9.17, 15) is 0 Å². The Morgan fingerprint density at radius 2 is 1.80 bits per heavy atom. The lowest BCUT2D eigenvalue weighted by atomic mass is 11.1. The van der Waals surface area contributed by atoms with Gasteiger partial charge in [-0.3, -0.25) is 0 Å². The van der Waals surface area contributed by atoms with E-state index in [1.54, 1.807) is 7.05 Å². The number of rotatable bonds is 0. The fourth-order valence-electron chi connectivity index (χ4n) is 0.0722. The molecule has 0 bridgehead atoms. The molecule has 0 aliphatic carbocycles. The molecule has 0 aromatic rings. The molecule has 8 N–H and O–H groups in total. The number of thiocarbonyl (C=S) groups is 1. The smallest absolute Gasteiger partial charge is 0.309 e. The molecule has 0 aromatic heterocycles. The molecule has 0 unspecified atom stereocenters. The van der Waals surface area contributed by atoms with Gasteiger partial charge in [0.15, 0.2) is 5.11 Å². The van der Waals surface area contributed by atoms with Crippen LogP contribution in [0, 0.1) is 0 Å². The molecule has 2 amide bonds. The van der Waals surface area contributed by atoms with Gasteiger partial charge in [0, 0.05) is 7.05 Å². The van der Waals surface area contributed by atoms with Gasteiger partial charge in [-0.25, -0.2) is 10.6 Å². The molecule has 0 rings (SSSR count). The maximum absolute atomic E-state index is 9.00. The molecule has 0 spiro atoms. The third kappa shape index (κ3) is 28.4. The molecule has 0 aliphatic rings. The summed E-state index contributed by atoms with van der Waals surface area (Å²) in [7, 11) is 1.70. The minimum Gasteiger partial charge on any atom is -0.365 e. The van der Waals surface area contributed by atoms with Gasteiger partial charge in [0.2, 0.25) is 0 Å². The first-order valence-corrected chi connectivity index (χ1v) is 2.68. The number of urea groups is 1. The van der Waals surface area contributed by atoms with Gasteiger partial charge in [-0.15, -0.1) is 0 Å². The largest absolute Gasteiger partial charge is 0.365 e. The number of amides is 2. The summed E-state index contributed by atoms with van der Waals surface area (Å²) in [6, 6.07) is -0.833. The summed E-state index contributed by atoms with van der Waals surface area (Å²) in [6.45, 7) is 0. The molecule has 0 fully saturated rings. The van der Waals surface area contributed by atoms with E-state index >= 15 is 0 Å². The van der Waals surface area contributed by atoms with E-state index in [0.29, 0.717) is 5.11 Å².